The molecule has 6 heteroatoms. The number of rotatable bonds is 3. The Balaban J connectivity index is 1.58. The summed E-state index contributed by atoms with van der Waals surface area (Å²) in [6.45, 7) is 1.25. The van der Waals surface area contributed by atoms with Crippen LogP contribution in [0.3, 0.4) is 0 Å². The van der Waals surface area contributed by atoms with Gasteiger partial charge in [-0.2, -0.15) is 5.10 Å². The summed E-state index contributed by atoms with van der Waals surface area (Å²) in [7, 11) is 1.90. The van der Waals surface area contributed by atoms with E-state index in [1.54, 1.807) is 10.7 Å². The van der Waals surface area contributed by atoms with E-state index in [0.29, 0.717) is 25.2 Å². The van der Waals surface area contributed by atoms with E-state index < -0.39 is 0 Å². The Bertz CT molecular complexity index is 949. The predicted molar refractivity (Wildman–Crippen MR) is 99.3 cm³/mol. The van der Waals surface area contributed by atoms with E-state index in [4.69, 9.17) is 0 Å². The molecule has 0 spiro atoms. The van der Waals surface area contributed by atoms with Gasteiger partial charge < -0.3 is 10.2 Å². The summed E-state index contributed by atoms with van der Waals surface area (Å²) in [5.41, 5.74) is 4.68. The summed E-state index contributed by atoms with van der Waals surface area (Å²) in [5, 5.41) is 6.98. The molecule has 0 radical (unpaired) electrons. The first-order valence-electron chi connectivity index (χ1n) is 8.51. The van der Waals surface area contributed by atoms with Gasteiger partial charge in [0, 0.05) is 38.3 Å². The van der Waals surface area contributed by atoms with Crippen molar-refractivity contribution in [2.45, 2.75) is 13.0 Å². The molecule has 0 saturated heterocycles. The third-order valence-electron chi connectivity index (χ3n) is 4.55. The minimum Gasteiger partial charge on any atom is -0.365 e. The molecule has 0 atom stereocenters. The number of halogens is 1. The summed E-state index contributed by atoms with van der Waals surface area (Å²) >= 11 is 0. The summed E-state index contributed by atoms with van der Waals surface area (Å²) in [4.78, 5) is 14.0. The number of nitrogens with zero attached hydrogens (tertiary/aromatic N) is 3. The van der Waals surface area contributed by atoms with Crippen LogP contribution in [-0.2, 0) is 18.4 Å². The van der Waals surface area contributed by atoms with E-state index in [1.165, 1.54) is 12.1 Å². The molecule has 1 N–H and O–H groups in total. The fraction of sp³-hybridized carbons (Fsp3) is 0.200. The van der Waals surface area contributed by atoms with E-state index in [2.05, 4.69) is 39.6 Å². The van der Waals surface area contributed by atoms with Crippen molar-refractivity contribution < 1.29 is 9.18 Å². The molecule has 4 rings (SSSR count). The molecule has 2 aromatic carbocycles. The number of hydrogen-bond donors (Lipinski definition) is 1. The Labute approximate surface area is 151 Å². The molecule has 0 aliphatic carbocycles. The van der Waals surface area contributed by atoms with Crippen LogP contribution in [0, 0.1) is 5.82 Å². The van der Waals surface area contributed by atoms with Crippen LogP contribution >= 0.6 is 0 Å². The Morgan fingerprint density at radius 1 is 1.15 bits per heavy atom. The van der Waals surface area contributed by atoms with Crippen molar-refractivity contribution in [3.8, 4) is 11.1 Å². The number of carbonyl (C=O) groups is 1. The first kappa shape index (κ1) is 16.3. The van der Waals surface area contributed by atoms with Crippen molar-refractivity contribution in [1.82, 2.24) is 9.78 Å². The fourth-order valence-electron chi connectivity index (χ4n) is 3.21. The Morgan fingerprint density at radius 2 is 1.96 bits per heavy atom. The Kier molecular flexibility index (Phi) is 4.16. The summed E-state index contributed by atoms with van der Waals surface area (Å²) in [6, 6.07) is 12.8. The predicted octanol–water partition coefficient (Wildman–Crippen LogP) is 3.58. The molecular formula is C20H19FN4O. The second-order valence-electron chi connectivity index (χ2n) is 6.48. The molecule has 0 bridgehead atoms. The van der Waals surface area contributed by atoms with Gasteiger partial charge in [0.15, 0.2) is 0 Å². The Hall–Kier alpha value is -3.15. The SMILES string of the molecule is Cn1cc(-c2ccc(CN3CCC(=O)Nc4cc(F)ccc43)cc2)cn1. The average Bonchev–Trinajstić information content (AvgIpc) is 2.99. The highest BCUT2D eigenvalue weighted by molar-refractivity contribution is 5.96. The maximum absolute atomic E-state index is 13.5. The molecule has 2 heterocycles. The van der Waals surface area contributed by atoms with E-state index >= 15 is 0 Å². The molecule has 0 unspecified atom stereocenters. The van der Waals surface area contributed by atoms with Crippen LogP contribution in [0.15, 0.2) is 54.9 Å². The Morgan fingerprint density at radius 3 is 2.69 bits per heavy atom. The van der Waals surface area contributed by atoms with Crippen LogP contribution in [0.2, 0.25) is 0 Å². The quantitative estimate of drug-likeness (QED) is 0.786. The smallest absolute Gasteiger partial charge is 0.226 e. The summed E-state index contributed by atoms with van der Waals surface area (Å²) < 4.78 is 15.3. The van der Waals surface area contributed by atoms with E-state index in [1.807, 2.05) is 19.4 Å². The molecule has 0 fully saturated rings. The zero-order chi connectivity index (χ0) is 18.1. The average molecular weight is 350 g/mol. The maximum Gasteiger partial charge on any atom is 0.226 e. The van der Waals surface area contributed by atoms with Crippen molar-refractivity contribution in [2.24, 2.45) is 7.05 Å². The second kappa shape index (κ2) is 6.63. The van der Waals surface area contributed by atoms with Gasteiger partial charge in [0.05, 0.1) is 17.6 Å². The van der Waals surface area contributed by atoms with Crippen LogP contribution in [0.25, 0.3) is 11.1 Å². The van der Waals surface area contributed by atoms with Gasteiger partial charge >= 0.3 is 0 Å². The number of hydrogen-bond acceptors (Lipinski definition) is 3. The fourth-order valence-corrected chi connectivity index (χ4v) is 3.21. The molecule has 132 valence electrons. The topological polar surface area (TPSA) is 50.2 Å². The molecular weight excluding hydrogens is 331 g/mol. The van der Waals surface area contributed by atoms with Gasteiger partial charge in [0.2, 0.25) is 5.91 Å². The number of nitrogens with one attached hydrogen (secondary N) is 1. The highest BCUT2D eigenvalue weighted by Crippen LogP contribution is 2.31. The van der Waals surface area contributed by atoms with Crippen molar-refractivity contribution in [1.29, 1.82) is 0 Å². The second-order valence-corrected chi connectivity index (χ2v) is 6.48. The highest BCUT2D eigenvalue weighted by atomic mass is 19.1. The van der Waals surface area contributed by atoms with Crippen molar-refractivity contribution in [3.05, 3.63) is 66.2 Å². The highest BCUT2D eigenvalue weighted by Gasteiger charge is 2.19. The first-order chi connectivity index (χ1) is 12.6. The molecule has 1 aromatic heterocycles. The van der Waals surface area contributed by atoms with Gasteiger partial charge in [-0.15, -0.1) is 0 Å². The number of aryl methyl sites for hydroxylation is 1. The van der Waals surface area contributed by atoms with Gasteiger partial charge in [-0.05, 0) is 29.3 Å². The van der Waals surface area contributed by atoms with Crippen molar-refractivity contribution in [2.75, 3.05) is 16.8 Å². The summed E-state index contributed by atoms with van der Waals surface area (Å²) in [6.07, 6.45) is 4.20. The van der Waals surface area contributed by atoms with Gasteiger partial charge in [-0.3, -0.25) is 9.48 Å². The van der Waals surface area contributed by atoms with E-state index in [9.17, 15) is 9.18 Å². The van der Waals surface area contributed by atoms with Crippen molar-refractivity contribution >= 4 is 17.3 Å². The largest absolute Gasteiger partial charge is 0.365 e. The molecule has 1 aliphatic heterocycles. The lowest BCUT2D eigenvalue weighted by Crippen LogP contribution is -2.24. The molecule has 26 heavy (non-hydrogen) atoms. The third kappa shape index (κ3) is 3.31. The standard InChI is InChI=1S/C20H19FN4O/c1-24-13-16(11-22-24)15-4-2-14(3-5-15)12-25-9-8-20(26)23-18-10-17(21)6-7-19(18)25/h2-7,10-11,13H,8-9,12H2,1H3,(H,23,26). The van der Waals surface area contributed by atoms with Crippen LogP contribution in [0.1, 0.15) is 12.0 Å². The minimum atomic E-state index is -0.355. The number of aromatic nitrogens is 2. The van der Waals surface area contributed by atoms with E-state index in [-0.39, 0.29) is 11.7 Å². The van der Waals surface area contributed by atoms with Gasteiger partial charge in [0.25, 0.3) is 0 Å². The third-order valence-corrected chi connectivity index (χ3v) is 4.55. The van der Waals surface area contributed by atoms with Gasteiger partial charge in [-0.25, -0.2) is 4.39 Å². The lowest BCUT2D eigenvalue weighted by Gasteiger charge is -2.24. The van der Waals surface area contributed by atoms with Crippen LogP contribution < -0.4 is 10.2 Å². The number of fused-ring (bicyclic) bond motifs is 1. The molecule has 3 aromatic rings. The van der Waals surface area contributed by atoms with Crippen molar-refractivity contribution in [3.63, 3.8) is 0 Å². The minimum absolute atomic E-state index is 0.0914. The normalized spacial score (nSPS) is 13.9. The maximum atomic E-state index is 13.5. The first-order valence-corrected chi connectivity index (χ1v) is 8.51. The lowest BCUT2D eigenvalue weighted by molar-refractivity contribution is -0.115. The zero-order valence-corrected chi connectivity index (χ0v) is 14.4. The zero-order valence-electron chi connectivity index (χ0n) is 14.4. The number of anilines is 2. The van der Waals surface area contributed by atoms with Gasteiger partial charge in [0.1, 0.15) is 5.82 Å². The monoisotopic (exact) mass is 350 g/mol. The van der Waals surface area contributed by atoms with Crippen LogP contribution in [0.5, 0.6) is 0 Å². The lowest BCUT2D eigenvalue weighted by atomic mass is 10.1. The number of carbonyl (C=O) groups excluding carboxylic acids is 1. The number of benzene rings is 2. The van der Waals surface area contributed by atoms with Crippen LogP contribution in [-0.4, -0.2) is 22.2 Å². The van der Waals surface area contributed by atoms with E-state index in [0.717, 1.165) is 22.4 Å². The number of amides is 1. The van der Waals surface area contributed by atoms with Crippen LogP contribution in [0.4, 0.5) is 15.8 Å². The van der Waals surface area contributed by atoms with Gasteiger partial charge in [-0.1, -0.05) is 24.3 Å². The molecule has 1 aliphatic rings. The molecule has 5 nitrogen and oxygen atoms in total. The molecule has 0 saturated carbocycles. The summed E-state index contributed by atoms with van der Waals surface area (Å²) in [5.74, 6) is -0.446. The molecule has 1 amide bonds.